The van der Waals surface area contributed by atoms with Gasteiger partial charge in [-0.05, 0) is 26.0 Å². The number of ether oxygens (including phenoxy) is 1. The fourth-order valence-electron chi connectivity index (χ4n) is 0.904. The van der Waals surface area contributed by atoms with Crippen LogP contribution in [0.2, 0.25) is 0 Å². The van der Waals surface area contributed by atoms with Crippen LogP contribution in [0.1, 0.15) is 24.2 Å². The number of hydrogen-bond donors (Lipinski definition) is 0. The van der Waals surface area contributed by atoms with Crippen molar-refractivity contribution < 1.29 is 14.3 Å². The molecule has 1 rings (SSSR count). The Kier molecular flexibility index (Phi) is 3.47. The number of esters is 2. The standard InChI is InChI=1S/C13H12O3/c1-4-13(2,3)12(15)16-11(14)10-8-6-5-7-9-10/h1,5-9H,2-3H3. The molecule has 0 aliphatic rings. The van der Waals surface area contributed by atoms with Gasteiger partial charge in [0.2, 0.25) is 0 Å². The first-order valence-electron chi connectivity index (χ1n) is 4.77. The Bertz CT molecular complexity index is 438. The van der Waals surface area contributed by atoms with E-state index >= 15 is 0 Å². The smallest absolute Gasteiger partial charge is 0.345 e. The Morgan fingerprint density at radius 2 is 1.81 bits per heavy atom. The number of hydrogen-bond acceptors (Lipinski definition) is 3. The van der Waals surface area contributed by atoms with E-state index in [-0.39, 0.29) is 0 Å². The molecule has 3 nitrogen and oxygen atoms in total. The maximum absolute atomic E-state index is 11.5. The van der Waals surface area contributed by atoms with Crippen LogP contribution in [0.3, 0.4) is 0 Å². The molecule has 0 atom stereocenters. The van der Waals surface area contributed by atoms with E-state index in [0.29, 0.717) is 5.56 Å². The molecule has 16 heavy (non-hydrogen) atoms. The van der Waals surface area contributed by atoms with Crippen molar-refractivity contribution in [1.29, 1.82) is 0 Å². The van der Waals surface area contributed by atoms with Crippen molar-refractivity contribution in [3.05, 3.63) is 35.9 Å². The summed E-state index contributed by atoms with van der Waals surface area (Å²) < 4.78 is 4.67. The zero-order valence-electron chi connectivity index (χ0n) is 9.19. The second kappa shape index (κ2) is 4.63. The molecule has 1 aromatic rings. The minimum Gasteiger partial charge on any atom is -0.388 e. The molecule has 0 aromatic heterocycles. The molecule has 0 aliphatic heterocycles. The predicted molar refractivity (Wildman–Crippen MR) is 59.5 cm³/mol. The van der Waals surface area contributed by atoms with Gasteiger partial charge in [-0.25, -0.2) is 9.59 Å². The summed E-state index contributed by atoms with van der Waals surface area (Å²) in [6, 6.07) is 8.28. The summed E-state index contributed by atoms with van der Waals surface area (Å²) in [5.41, 5.74) is -0.770. The third kappa shape index (κ3) is 2.71. The van der Waals surface area contributed by atoms with Gasteiger partial charge in [0.15, 0.2) is 0 Å². The summed E-state index contributed by atoms with van der Waals surface area (Å²) in [7, 11) is 0. The van der Waals surface area contributed by atoms with Crippen LogP contribution in [0, 0.1) is 17.8 Å². The van der Waals surface area contributed by atoms with Gasteiger partial charge in [-0.1, -0.05) is 24.1 Å². The molecule has 0 amide bonds. The Morgan fingerprint density at radius 1 is 1.25 bits per heavy atom. The average molecular weight is 216 g/mol. The Balaban J connectivity index is 2.75. The quantitative estimate of drug-likeness (QED) is 0.431. The van der Waals surface area contributed by atoms with E-state index in [1.165, 1.54) is 13.8 Å². The van der Waals surface area contributed by atoms with Crippen molar-refractivity contribution in [1.82, 2.24) is 0 Å². The normalized spacial score (nSPS) is 10.3. The highest BCUT2D eigenvalue weighted by Crippen LogP contribution is 2.16. The number of benzene rings is 1. The number of carbonyl (C=O) groups is 2. The van der Waals surface area contributed by atoms with Crippen LogP contribution in [0.4, 0.5) is 0 Å². The molecule has 0 heterocycles. The van der Waals surface area contributed by atoms with Crippen LogP contribution in [-0.4, -0.2) is 11.9 Å². The van der Waals surface area contributed by atoms with Gasteiger partial charge >= 0.3 is 11.9 Å². The maximum atomic E-state index is 11.5. The van der Waals surface area contributed by atoms with E-state index in [1.807, 2.05) is 0 Å². The largest absolute Gasteiger partial charge is 0.388 e. The van der Waals surface area contributed by atoms with Crippen molar-refractivity contribution in [3.63, 3.8) is 0 Å². The van der Waals surface area contributed by atoms with Crippen LogP contribution in [0.15, 0.2) is 30.3 Å². The third-order valence-electron chi connectivity index (χ3n) is 2.07. The summed E-state index contributed by atoms with van der Waals surface area (Å²) in [4.78, 5) is 23.0. The van der Waals surface area contributed by atoms with Crippen LogP contribution < -0.4 is 0 Å². The molecule has 0 spiro atoms. The summed E-state index contributed by atoms with van der Waals surface area (Å²) >= 11 is 0. The third-order valence-corrected chi connectivity index (χ3v) is 2.07. The average Bonchev–Trinajstić information content (AvgIpc) is 2.30. The molecule has 0 saturated heterocycles. The molecule has 3 heteroatoms. The van der Waals surface area contributed by atoms with Gasteiger partial charge in [0.1, 0.15) is 5.41 Å². The van der Waals surface area contributed by atoms with Gasteiger partial charge < -0.3 is 4.74 Å². The number of terminal acetylenes is 1. The lowest BCUT2D eigenvalue weighted by atomic mass is 9.95. The van der Waals surface area contributed by atoms with Crippen LogP contribution in [0.5, 0.6) is 0 Å². The first-order chi connectivity index (χ1) is 7.47. The molecule has 0 saturated carbocycles. The van der Waals surface area contributed by atoms with Crippen molar-refractivity contribution >= 4 is 11.9 Å². The van der Waals surface area contributed by atoms with Crippen molar-refractivity contribution in [3.8, 4) is 12.3 Å². The molecule has 1 aromatic carbocycles. The first kappa shape index (κ1) is 12.0. The fourth-order valence-corrected chi connectivity index (χ4v) is 0.904. The molecule has 0 bridgehead atoms. The highest BCUT2D eigenvalue weighted by Gasteiger charge is 2.29. The lowest BCUT2D eigenvalue weighted by Gasteiger charge is -2.14. The van der Waals surface area contributed by atoms with E-state index in [1.54, 1.807) is 30.3 Å². The molecular formula is C13H12O3. The van der Waals surface area contributed by atoms with Crippen LogP contribution in [0.25, 0.3) is 0 Å². The minimum absolute atomic E-state index is 0.323. The lowest BCUT2D eigenvalue weighted by Crippen LogP contribution is -2.27. The summed E-state index contributed by atoms with van der Waals surface area (Å²) in [5, 5.41) is 0. The molecule has 82 valence electrons. The maximum Gasteiger partial charge on any atom is 0.345 e. The molecule has 0 aliphatic carbocycles. The summed E-state index contributed by atoms with van der Waals surface area (Å²) in [5.74, 6) is 0.866. The minimum atomic E-state index is -1.09. The molecule has 0 radical (unpaired) electrons. The highest BCUT2D eigenvalue weighted by atomic mass is 16.6. The van der Waals surface area contributed by atoms with Gasteiger partial charge in [0.05, 0.1) is 5.56 Å². The number of rotatable bonds is 2. The topological polar surface area (TPSA) is 43.4 Å². The fraction of sp³-hybridized carbons (Fsp3) is 0.231. The summed E-state index contributed by atoms with van der Waals surface area (Å²) in [6.07, 6.45) is 5.16. The van der Waals surface area contributed by atoms with E-state index in [9.17, 15) is 9.59 Å². The van der Waals surface area contributed by atoms with Gasteiger partial charge in [-0.2, -0.15) is 0 Å². The van der Waals surface area contributed by atoms with Gasteiger partial charge in [-0.3, -0.25) is 0 Å². The predicted octanol–water partition coefficient (Wildman–Crippen LogP) is 2.03. The Morgan fingerprint density at radius 3 is 2.31 bits per heavy atom. The number of carbonyl (C=O) groups excluding carboxylic acids is 2. The van der Waals surface area contributed by atoms with Gasteiger partial charge in [0.25, 0.3) is 0 Å². The summed E-state index contributed by atoms with van der Waals surface area (Å²) in [6.45, 7) is 3.04. The SMILES string of the molecule is C#CC(C)(C)C(=O)OC(=O)c1ccccc1. The molecule has 0 fully saturated rings. The Hall–Kier alpha value is -2.08. The lowest BCUT2D eigenvalue weighted by molar-refractivity contribution is -0.144. The molecular weight excluding hydrogens is 204 g/mol. The van der Waals surface area contributed by atoms with E-state index in [0.717, 1.165) is 0 Å². The highest BCUT2D eigenvalue weighted by molar-refractivity contribution is 5.98. The van der Waals surface area contributed by atoms with E-state index in [2.05, 4.69) is 10.7 Å². The van der Waals surface area contributed by atoms with Gasteiger partial charge in [0, 0.05) is 0 Å². The van der Waals surface area contributed by atoms with Crippen molar-refractivity contribution in [2.24, 2.45) is 5.41 Å². The molecule has 0 unspecified atom stereocenters. The zero-order valence-corrected chi connectivity index (χ0v) is 9.19. The monoisotopic (exact) mass is 216 g/mol. The zero-order chi connectivity index (χ0) is 12.2. The van der Waals surface area contributed by atoms with Crippen LogP contribution in [-0.2, 0) is 9.53 Å². The van der Waals surface area contributed by atoms with Crippen LogP contribution >= 0.6 is 0 Å². The van der Waals surface area contributed by atoms with Gasteiger partial charge in [-0.15, -0.1) is 6.42 Å². The first-order valence-corrected chi connectivity index (χ1v) is 4.77. The second-order valence-electron chi connectivity index (χ2n) is 3.81. The van der Waals surface area contributed by atoms with Crippen molar-refractivity contribution in [2.45, 2.75) is 13.8 Å². The van der Waals surface area contributed by atoms with Crippen molar-refractivity contribution in [2.75, 3.05) is 0 Å². The van der Waals surface area contributed by atoms with E-state index < -0.39 is 17.4 Å². The Labute approximate surface area is 94.4 Å². The van der Waals surface area contributed by atoms with E-state index in [4.69, 9.17) is 6.42 Å². The second-order valence-corrected chi connectivity index (χ2v) is 3.81. The molecule has 0 N–H and O–H groups in total.